The number of hydrogen-bond donors (Lipinski definition) is 1. The van der Waals surface area contributed by atoms with E-state index in [1.54, 1.807) is 0 Å². The fourth-order valence-corrected chi connectivity index (χ4v) is 3.20. The van der Waals surface area contributed by atoms with Gasteiger partial charge in [-0.3, -0.25) is 9.48 Å². The largest absolute Gasteiger partial charge is 0.336 e. The molecule has 2 heterocycles. The van der Waals surface area contributed by atoms with Crippen molar-refractivity contribution in [1.29, 1.82) is 0 Å². The van der Waals surface area contributed by atoms with Gasteiger partial charge in [0.05, 0.1) is 24.8 Å². The van der Waals surface area contributed by atoms with E-state index in [1.165, 1.54) is 32.1 Å². The SMILES string of the molecule is O=C1CNCCCN1Cc1ccn(C2CCCCC2)n1. The van der Waals surface area contributed by atoms with E-state index >= 15 is 0 Å². The van der Waals surface area contributed by atoms with Crippen LogP contribution in [0.4, 0.5) is 0 Å². The van der Waals surface area contributed by atoms with Crippen LogP contribution in [0.25, 0.3) is 0 Å². The van der Waals surface area contributed by atoms with Crippen LogP contribution in [0.1, 0.15) is 50.3 Å². The van der Waals surface area contributed by atoms with Crippen LogP contribution in [-0.4, -0.2) is 40.2 Å². The molecule has 1 aromatic heterocycles. The van der Waals surface area contributed by atoms with Crippen molar-refractivity contribution in [1.82, 2.24) is 20.0 Å². The normalized spacial score (nSPS) is 22.0. The van der Waals surface area contributed by atoms with Gasteiger partial charge in [0, 0.05) is 12.7 Å². The molecule has 20 heavy (non-hydrogen) atoms. The highest BCUT2D eigenvalue weighted by Gasteiger charge is 2.19. The molecule has 5 nitrogen and oxygen atoms in total. The van der Waals surface area contributed by atoms with Gasteiger partial charge in [-0.1, -0.05) is 19.3 Å². The van der Waals surface area contributed by atoms with Crippen LogP contribution in [0, 0.1) is 0 Å². The second-order valence-electron chi connectivity index (χ2n) is 5.92. The van der Waals surface area contributed by atoms with Crippen LogP contribution in [0.5, 0.6) is 0 Å². The predicted molar refractivity (Wildman–Crippen MR) is 77.3 cm³/mol. The molecule has 2 fully saturated rings. The summed E-state index contributed by atoms with van der Waals surface area (Å²) in [5.74, 6) is 0.190. The molecule has 1 aromatic rings. The summed E-state index contributed by atoms with van der Waals surface area (Å²) >= 11 is 0. The zero-order valence-electron chi connectivity index (χ0n) is 12.1. The topological polar surface area (TPSA) is 50.2 Å². The first kappa shape index (κ1) is 13.6. The maximum absolute atomic E-state index is 12.0. The minimum absolute atomic E-state index is 0.190. The van der Waals surface area contributed by atoms with Crippen molar-refractivity contribution in [2.75, 3.05) is 19.6 Å². The molecule has 0 unspecified atom stereocenters. The fourth-order valence-electron chi connectivity index (χ4n) is 3.20. The Kier molecular flexibility index (Phi) is 4.35. The summed E-state index contributed by atoms with van der Waals surface area (Å²) < 4.78 is 2.12. The molecule has 5 heteroatoms. The molecule has 110 valence electrons. The Morgan fingerprint density at radius 2 is 2.10 bits per heavy atom. The minimum atomic E-state index is 0.190. The number of aromatic nitrogens is 2. The molecule has 3 rings (SSSR count). The minimum Gasteiger partial charge on any atom is -0.336 e. The molecular weight excluding hydrogens is 252 g/mol. The lowest BCUT2D eigenvalue weighted by Gasteiger charge is -2.22. The third kappa shape index (κ3) is 3.20. The first-order chi connectivity index (χ1) is 9.83. The molecule has 1 saturated carbocycles. The van der Waals surface area contributed by atoms with Crippen molar-refractivity contribution >= 4 is 5.91 Å². The molecule has 2 aliphatic rings. The molecule has 1 aliphatic carbocycles. The number of hydrogen-bond acceptors (Lipinski definition) is 3. The summed E-state index contributed by atoms with van der Waals surface area (Å²) in [5.41, 5.74) is 1.02. The van der Waals surface area contributed by atoms with Crippen LogP contribution in [0.15, 0.2) is 12.3 Å². The Balaban J connectivity index is 1.62. The van der Waals surface area contributed by atoms with Crippen LogP contribution in [-0.2, 0) is 11.3 Å². The molecule has 1 saturated heterocycles. The molecule has 0 aromatic carbocycles. The van der Waals surface area contributed by atoms with Crippen molar-refractivity contribution in [2.24, 2.45) is 0 Å². The average molecular weight is 276 g/mol. The summed E-state index contributed by atoms with van der Waals surface area (Å²) in [6, 6.07) is 2.64. The van der Waals surface area contributed by atoms with Gasteiger partial charge in [-0.15, -0.1) is 0 Å². The quantitative estimate of drug-likeness (QED) is 0.914. The van der Waals surface area contributed by atoms with Gasteiger partial charge in [-0.2, -0.15) is 5.10 Å². The zero-order chi connectivity index (χ0) is 13.8. The van der Waals surface area contributed by atoms with Crippen LogP contribution in [0.3, 0.4) is 0 Å². The molecule has 0 bridgehead atoms. The third-order valence-corrected chi connectivity index (χ3v) is 4.38. The maximum Gasteiger partial charge on any atom is 0.236 e. The highest BCUT2D eigenvalue weighted by molar-refractivity contribution is 5.78. The average Bonchev–Trinajstić information content (AvgIpc) is 2.86. The third-order valence-electron chi connectivity index (χ3n) is 4.38. The first-order valence-corrected chi connectivity index (χ1v) is 7.85. The van der Waals surface area contributed by atoms with Crippen molar-refractivity contribution in [2.45, 2.75) is 51.1 Å². The van der Waals surface area contributed by atoms with E-state index in [0.29, 0.717) is 19.1 Å². The summed E-state index contributed by atoms with van der Waals surface area (Å²) in [6.07, 6.45) is 9.59. The number of amides is 1. The van der Waals surface area contributed by atoms with E-state index in [9.17, 15) is 4.79 Å². The van der Waals surface area contributed by atoms with E-state index in [2.05, 4.69) is 22.3 Å². The number of nitrogens with one attached hydrogen (secondary N) is 1. The van der Waals surface area contributed by atoms with Crippen molar-refractivity contribution < 1.29 is 4.79 Å². The zero-order valence-corrected chi connectivity index (χ0v) is 12.1. The number of rotatable bonds is 3. The second-order valence-corrected chi connectivity index (χ2v) is 5.92. The van der Waals surface area contributed by atoms with Gasteiger partial charge in [0.15, 0.2) is 0 Å². The molecule has 1 N–H and O–H groups in total. The van der Waals surface area contributed by atoms with Gasteiger partial charge in [0.2, 0.25) is 5.91 Å². The molecule has 0 atom stereocenters. The maximum atomic E-state index is 12.0. The molecule has 0 radical (unpaired) electrons. The first-order valence-electron chi connectivity index (χ1n) is 7.85. The number of nitrogens with zero attached hydrogens (tertiary/aromatic N) is 3. The highest BCUT2D eigenvalue weighted by atomic mass is 16.2. The summed E-state index contributed by atoms with van der Waals surface area (Å²) in [5, 5.41) is 7.85. The van der Waals surface area contributed by atoms with Gasteiger partial charge < -0.3 is 10.2 Å². The summed E-state index contributed by atoms with van der Waals surface area (Å²) in [4.78, 5) is 13.9. The van der Waals surface area contributed by atoms with Crippen LogP contribution in [0.2, 0.25) is 0 Å². The number of carbonyl (C=O) groups excluding carboxylic acids is 1. The molecule has 1 aliphatic heterocycles. The monoisotopic (exact) mass is 276 g/mol. The van der Waals surface area contributed by atoms with E-state index in [-0.39, 0.29) is 5.91 Å². The standard InChI is InChI=1S/C15H24N4O/c20-15-11-16-8-4-9-18(15)12-13-7-10-19(17-13)14-5-2-1-3-6-14/h7,10,14,16H,1-6,8-9,11-12H2. The Morgan fingerprint density at radius 3 is 2.95 bits per heavy atom. The second kappa shape index (κ2) is 6.39. The molecule has 0 spiro atoms. The van der Waals surface area contributed by atoms with E-state index in [1.807, 2.05) is 4.90 Å². The van der Waals surface area contributed by atoms with Crippen LogP contribution >= 0.6 is 0 Å². The Bertz CT molecular complexity index is 450. The lowest BCUT2D eigenvalue weighted by atomic mass is 9.96. The van der Waals surface area contributed by atoms with Gasteiger partial charge in [0.25, 0.3) is 0 Å². The molecular formula is C15H24N4O. The molecule has 1 amide bonds. The Morgan fingerprint density at radius 1 is 1.25 bits per heavy atom. The summed E-state index contributed by atoms with van der Waals surface area (Å²) in [7, 11) is 0. The van der Waals surface area contributed by atoms with Crippen molar-refractivity contribution in [3.8, 4) is 0 Å². The smallest absolute Gasteiger partial charge is 0.236 e. The van der Waals surface area contributed by atoms with Crippen LogP contribution < -0.4 is 5.32 Å². The van der Waals surface area contributed by atoms with E-state index in [4.69, 9.17) is 5.10 Å². The van der Waals surface area contributed by atoms with Gasteiger partial charge in [-0.25, -0.2) is 0 Å². The highest BCUT2D eigenvalue weighted by Crippen LogP contribution is 2.27. The Labute approximate surface area is 120 Å². The predicted octanol–water partition coefficient (Wildman–Crippen LogP) is 1.71. The summed E-state index contributed by atoms with van der Waals surface area (Å²) in [6.45, 7) is 2.88. The van der Waals surface area contributed by atoms with E-state index in [0.717, 1.165) is 25.2 Å². The number of carbonyl (C=O) groups is 1. The van der Waals surface area contributed by atoms with Crippen molar-refractivity contribution in [3.63, 3.8) is 0 Å². The fraction of sp³-hybridized carbons (Fsp3) is 0.733. The van der Waals surface area contributed by atoms with E-state index < -0.39 is 0 Å². The lowest BCUT2D eigenvalue weighted by Crippen LogP contribution is -2.34. The van der Waals surface area contributed by atoms with Gasteiger partial charge >= 0.3 is 0 Å². The van der Waals surface area contributed by atoms with Gasteiger partial charge in [-0.05, 0) is 31.9 Å². The lowest BCUT2D eigenvalue weighted by molar-refractivity contribution is -0.130. The Hall–Kier alpha value is -1.36. The van der Waals surface area contributed by atoms with Crippen molar-refractivity contribution in [3.05, 3.63) is 18.0 Å². The van der Waals surface area contributed by atoms with Gasteiger partial charge in [0.1, 0.15) is 0 Å².